The fourth-order valence-electron chi connectivity index (χ4n) is 2.67. The van der Waals surface area contributed by atoms with Crippen molar-refractivity contribution in [3.05, 3.63) is 64.7 Å². The maximum absolute atomic E-state index is 12.5. The van der Waals surface area contributed by atoms with Gasteiger partial charge in [-0.1, -0.05) is 48.0 Å². The fraction of sp³-hybridized carbons (Fsp3) is 0.235. The number of carbonyl (C=O) groups excluding carboxylic acids is 1. The summed E-state index contributed by atoms with van der Waals surface area (Å²) in [5.41, 5.74) is 3.22. The summed E-state index contributed by atoms with van der Waals surface area (Å²) in [5, 5.41) is 3.99. The van der Waals surface area contributed by atoms with Crippen LogP contribution in [0.25, 0.3) is 0 Å². The van der Waals surface area contributed by atoms with Gasteiger partial charge >= 0.3 is 0 Å². The Hall–Kier alpha value is -2.00. The number of likely N-dealkylation sites (N-methyl/N-ethyl adjacent to an activating group) is 1. The van der Waals surface area contributed by atoms with Gasteiger partial charge < -0.3 is 10.2 Å². The van der Waals surface area contributed by atoms with E-state index < -0.39 is 0 Å². The van der Waals surface area contributed by atoms with Crippen molar-refractivity contribution in [2.24, 2.45) is 0 Å². The Balaban J connectivity index is 1.68. The Kier molecular flexibility index (Phi) is 3.84. The van der Waals surface area contributed by atoms with Crippen LogP contribution in [0, 0.1) is 0 Å². The lowest BCUT2D eigenvalue weighted by atomic mass is 10.1. The minimum Gasteiger partial charge on any atom is -0.373 e. The average molecular weight is 301 g/mol. The molecule has 2 aromatic carbocycles. The first-order valence-electron chi connectivity index (χ1n) is 6.98. The summed E-state index contributed by atoms with van der Waals surface area (Å²) < 4.78 is 0. The van der Waals surface area contributed by atoms with Gasteiger partial charge in [-0.15, -0.1) is 0 Å². The molecule has 1 amide bonds. The number of fused-ring (bicyclic) bond motifs is 1. The quantitative estimate of drug-likeness (QED) is 0.943. The van der Waals surface area contributed by atoms with E-state index in [0.717, 1.165) is 17.7 Å². The lowest BCUT2D eigenvalue weighted by molar-refractivity contribution is -0.131. The maximum atomic E-state index is 12.5. The highest BCUT2D eigenvalue weighted by molar-refractivity contribution is 6.31. The van der Waals surface area contributed by atoms with E-state index in [1.165, 1.54) is 5.56 Å². The Bertz CT molecular complexity index is 646. The third-order valence-electron chi connectivity index (χ3n) is 3.81. The van der Waals surface area contributed by atoms with E-state index in [0.29, 0.717) is 11.6 Å². The minimum atomic E-state index is -0.185. The molecule has 0 bridgehead atoms. The summed E-state index contributed by atoms with van der Waals surface area (Å²) in [4.78, 5) is 14.3. The van der Waals surface area contributed by atoms with Gasteiger partial charge in [0.25, 0.3) is 0 Å². The molecular weight excluding hydrogens is 284 g/mol. The second-order valence-electron chi connectivity index (χ2n) is 5.34. The Morgan fingerprint density at radius 2 is 1.95 bits per heavy atom. The van der Waals surface area contributed by atoms with Gasteiger partial charge in [-0.3, -0.25) is 4.79 Å². The van der Waals surface area contributed by atoms with Crippen LogP contribution in [0.15, 0.2) is 48.5 Å². The number of hydrogen-bond acceptors (Lipinski definition) is 2. The summed E-state index contributed by atoms with van der Waals surface area (Å²) in [6.07, 6.45) is 0.738. The number of anilines is 1. The molecule has 3 rings (SSSR count). The molecule has 1 atom stereocenters. The highest BCUT2D eigenvalue weighted by Crippen LogP contribution is 2.26. The number of benzene rings is 2. The van der Waals surface area contributed by atoms with Gasteiger partial charge in [-0.2, -0.15) is 0 Å². The van der Waals surface area contributed by atoms with Crippen LogP contribution < -0.4 is 5.32 Å². The second kappa shape index (κ2) is 5.78. The van der Waals surface area contributed by atoms with Gasteiger partial charge in [-0.05, 0) is 23.3 Å². The number of nitrogens with zero attached hydrogens (tertiary/aromatic N) is 1. The number of para-hydroxylation sites is 1. The summed E-state index contributed by atoms with van der Waals surface area (Å²) >= 11 is 6.15. The van der Waals surface area contributed by atoms with Crippen molar-refractivity contribution in [2.45, 2.75) is 19.0 Å². The van der Waals surface area contributed by atoms with Crippen molar-refractivity contribution in [3.63, 3.8) is 0 Å². The summed E-state index contributed by atoms with van der Waals surface area (Å²) in [7, 11) is 1.82. The van der Waals surface area contributed by atoms with Crippen molar-refractivity contribution in [1.29, 1.82) is 0 Å². The highest BCUT2D eigenvalue weighted by Gasteiger charge is 2.28. The van der Waals surface area contributed by atoms with Crippen LogP contribution >= 0.6 is 11.6 Å². The van der Waals surface area contributed by atoms with Crippen LogP contribution in [0.5, 0.6) is 0 Å². The number of halogens is 1. The van der Waals surface area contributed by atoms with Crippen LogP contribution in [0.1, 0.15) is 11.1 Å². The predicted octanol–water partition coefficient (Wildman–Crippen LogP) is 3.34. The van der Waals surface area contributed by atoms with Crippen LogP contribution in [-0.4, -0.2) is 23.9 Å². The molecule has 1 aliphatic rings. The van der Waals surface area contributed by atoms with Gasteiger partial charge in [0, 0.05) is 30.7 Å². The number of nitrogens with one attached hydrogen (secondary N) is 1. The summed E-state index contributed by atoms with van der Waals surface area (Å²) in [5.74, 6) is 0.0890. The molecule has 0 aromatic heterocycles. The minimum absolute atomic E-state index is 0.0890. The average Bonchev–Trinajstić information content (AvgIpc) is 2.92. The van der Waals surface area contributed by atoms with E-state index in [4.69, 9.17) is 11.6 Å². The van der Waals surface area contributed by atoms with E-state index in [1.54, 1.807) is 4.90 Å². The number of rotatable bonds is 3. The van der Waals surface area contributed by atoms with Gasteiger partial charge in [0.15, 0.2) is 0 Å². The zero-order valence-corrected chi connectivity index (χ0v) is 12.6. The fourth-order valence-corrected chi connectivity index (χ4v) is 2.87. The smallest absolute Gasteiger partial charge is 0.245 e. The third kappa shape index (κ3) is 2.88. The van der Waals surface area contributed by atoms with Crippen LogP contribution in [-0.2, 0) is 17.8 Å². The maximum Gasteiger partial charge on any atom is 0.245 e. The van der Waals surface area contributed by atoms with Crippen molar-refractivity contribution in [2.75, 3.05) is 12.4 Å². The second-order valence-corrected chi connectivity index (χ2v) is 5.75. The molecule has 1 N–H and O–H groups in total. The van der Waals surface area contributed by atoms with Gasteiger partial charge in [0.2, 0.25) is 5.91 Å². The zero-order chi connectivity index (χ0) is 14.8. The molecule has 1 heterocycles. The van der Waals surface area contributed by atoms with Crippen molar-refractivity contribution >= 4 is 23.2 Å². The van der Waals surface area contributed by atoms with E-state index in [-0.39, 0.29) is 11.9 Å². The van der Waals surface area contributed by atoms with E-state index >= 15 is 0 Å². The van der Waals surface area contributed by atoms with E-state index in [9.17, 15) is 4.79 Å². The van der Waals surface area contributed by atoms with Gasteiger partial charge in [-0.25, -0.2) is 0 Å². The molecule has 0 aliphatic carbocycles. The SMILES string of the molecule is CN(Cc1ccccc1Cl)C(=O)C1Cc2ccccc2N1. The first-order valence-corrected chi connectivity index (χ1v) is 7.36. The first-order chi connectivity index (χ1) is 10.1. The first kappa shape index (κ1) is 14.0. The molecule has 0 radical (unpaired) electrons. The molecule has 1 aliphatic heterocycles. The number of amides is 1. The number of hydrogen-bond donors (Lipinski definition) is 1. The molecule has 108 valence electrons. The Labute approximate surface area is 129 Å². The Morgan fingerprint density at radius 1 is 1.24 bits per heavy atom. The molecular formula is C17H17ClN2O. The zero-order valence-electron chi connectivity index (χ0n) is 11.8. The summed E-state index contributed by atoms with van der Waals surface area (Å²) in [6.45, 7) is 0.521. The molecule has 2 aromatic rings. The third-order valence-corrected chi connectivity index (χ3v) is 4.18. The monoisotopic (exact) mass is 300 g/mol. The molecule has 3 nitrogen and oxygen atoms in total. The molecule has 0 fully saturated rings. The number of carbonyl (C=O) groups is 1. The standard InChI is InChI=1S/C17H17ClN2O/c1-20(11-13-7-2-4-8-14(13)18)17(21)16-10-12-6-3-5-9-15(12)19-16/h2-9,16,19H,10-11H2,1H3. The highest BCUT2D eigenvalue weighted by atomic mass is 35.5. The normalized spacial score (nSPS) is 16.2. The van der Waals surface area contributed by atoms with E-state index in [2.05, 4.69) is 11.4 Å². The lowest BCUT2D eigenvalue weighted by Crippen LogP contribution is -2.39. The summed E-state index contributed by atoms with van der Waals surface area (Å²) in [6, 6.07) is 15.5. The largest absolute Gasteiger partial charge is 0.373 e. The topological polar surface area (TPSA) is 32.3 Å². The van der Waals surface area contributed by atoms with Crippen LogP contribution in [0.2, 0.25) is 5.02 Å². The van der Waals surface area contributed by atoms with Gasteiger partial charge in [0.1, 0.15) is 6.04 Å². The van der Waals surface area contributed by atoms with Crippen molar-refractivity contribution in [3.8, 4) is 0 Å². The predicted molar refractivity (Wildman–Crippen MR) is 85.5 cm³/mol. The molecule has 0 spiro atoms. The van der Waals surface area contributed by atoms with Crippen LogP contribution in [0.3, 0.4) is 0 Å². The van der Waals surface area contributed by atoms with Gasteiger partial charge in [0.05, 0.1) is 0 Å². The molecule has 21 heavy (non-hydrogen) atoms. The van der Waals surface area contributed by atoms with Crippen molar-refractivity contribution in [1.82, 2.24) is 4.90 Å². The molecule has 1 unspecified atom stereocenters. The lowest BCUT2D eigenvalue weighted by Gasteiger charge is -2.22. The van der Waals surface area contributed by atoms with E-state index in [1.807, 2.05) is 49.5 Å². The van der Waals surface area contributed by atoms with Crippen LogP contribution in [0.4, 0.5) is 5.69 Å². The van der Waals surface area contributed by atoms with Crippen molar-refractivity contribution < 1.29 is 4.79 Å². The molecule has 0 saturated carbocycles. The molecule has 4 heteroatoms. The molecule has 0 saturated heterocycles. The Morgan fingerprint density at radius 3 is 2.71 bits per heavy atom.